The number of aliphatic hydroxyl groups is 1. The van der Waals surface area contributed by atoms with Gasteiger partial charge in [-0.15, -0.1) is 0 Å². The molecule has 1 unspecified atom stereocenters. The summed E-state index contributed by atoms with van der Waals surface area (Å²) in [5.41, 5.74) is 2.95. The lowest BCUT2D eigenvalue weighted by atomic mass is 10.1. The van der Waals surface area contributed by atoms with Crippen LogP contribution in [0.4, 0.5) is 0 Å². The molecule has 1 aromatic rings. The molecular weight excluding hydrogens is 228 g/mol. The molecule has 1 atom stereocenters. The Morgan fingerprint density at radius 2 is 2.17 bits per heavy atom. The van der Waals surface area contributed by atoms with Gasteiger partial charge in [-0.05, 0) is 26.8 Å². The number of hydrogen-bond acceptors (Lipinski definition) is 4. The van der Waals surface area contributed by atoms with Crippen molar-refractivity contribution in [3.8, 4) is 5.75 Å². The molecule has 0 bridgehead atoms. The van der Waals surface area contributed by atoms with Crippen LogP contribution in [0.1, 0.15) is 30.2 Å². The molecule has 0 aliphatic carbocycles. The number of pyridine rings is 1. The number of nitrogens with zero attached hydrogens (tertiary/aromatic N) is 1. The zero-order valence-electron chi connectivity index (χ0n) is 11.8. The van der Waals surface area contributed by atoms with Crippen LogP contribution in [0.5, 0.6) is 5.75 Å². The summed E-state index contributed by atoms with van der Waals surface area (Å²) in [5, 5.41) is 13.1. The van der Waals surface area contributed by atoms with E-state index in [0.29, 0.717) is 13.0 Å². The minimum absolute atomic E-state index is 0.407. The van der Waals surface area contributed by atoms with Gasteiger partial charge in [0.1, 0.15) is 5.75 Å². The summed E-state index contributed by atoms with van der Waals surface area (Å²) in [6.07, 6.45) is 3.02. The molecule has 0 amide bonds. The summed E-state index contributed by atoms with van der Waals surface area (Å²) in [5.74, 6) is 0.869. The predicted octanol–water partition coefficient (Wildman–Crippen LogP) is 1.61. The molecule has 1 aromatic heterocycles. The molecule has 18 heavy (non-hydrogen) atoms. The number of hydrogen-bond donors (Lipinski definition) is 2. The molecule has 0 spiro atoms. The van der Waals surface area contributed by atoms with Gasteiger partial charge in [0.05, 0.1) is 13.2 Å². The molecule has 2 N–H and O–H groups in total. The van der Waals surface area contributed by atoms with Crippen LogP contribution in [0.25, 0.3) is 0 Å². The van der Waals surface area contributed by atoms with Gasteiger partial charge >= 0.3 is 0 Å². The van der Waals surface area contributed by atoms with E-state index in [0.717, 1.165) is 35.5 Å². The highest BCUT2D eigenvalue weighted by atomic mass is 16.5. The standard InChI is InChI=1S/C14H24N2O2/c1-5-6-15-9-12(17)7-13-11(3)14(18-4)10(2)8-16-13/h8,12,15,17H,5-7,9H2,1-4H3. The Morgan fingerprint density at radius 3 is 2.78 bits per heavy atom. The zero-order chi connectivity index (χ0) is 13.5. The van der Waals surface area contributed by atoms with E-state index in [1.165, 1.54) is 0 Å². The van der Waals surface area contributed by atoms with E-state index in [1.54, 1.807) is 13.3 Å². The third kappa shape index (κ3) is 3.96. The fourth-order valence-electron chi connectivity index (χ4n) is 2.02. The lowest BCUT2D eigenvalue weighted by molar-refractivity contribution is 0.170. The fourth-order valence-corrected chi connectivity index (χ4v) is 2.02. The average Bonchev–Trinajstić information content (AvgIpc) is 2.34. The topological polar surface area (TPSA) is 54.4 Å². The number of aryl methyl sites for hydroxylation is 1. The van der Waals surface area contributed by atoms with Crippen LogP contribution in [0.3, 0.4) is 0 Å². The zero-order valence-corrected chi connectivity index (χ0v) is 11.8. The molecule has 4 nitrogen and oxygen atoms in total. The molecule has 0 aliphatic rings. The van der Waals surface area contributed by atoms with Crippen LogP contribution >= 0.6 is 0 Å². The van der Waals surface area contributed by atoms with E-state index in [2.05, 4.69) is 17.2 Å². The summed E-state index contributed by atoms with van der Waals surface area (Å²) in [6.45, 7) is 7.60. The molecule has 102 valence electrons. The highest BCUT2D eigenvalue weighted by molar-refractivity contribution is 5.41. The van der Waals surface area contributed by atoms with Crippen molar-refractivity contribution in [2.24, 2.45) is 0 Å². The van der Waals surface area contributed by atoms with Crippen molar-refractivity contribution < 1.29 is 9.84 Å². The van der Waals surface area contributed by atoms with E-state index >= 15 is 0 Å². The molecule has 1 rings (SSSR count). The number of ether oxygens (including phenoxy) is 1. The van der Waals surface area contributed by atoms with Crippen LogP contribution in [0.2, 0.25) is 0 Å². The average molecular weight is 252 g/mol. The van der Waals surface area contributed by atoms with Crippen LogP contribution in [0, 0.1) is 13.8 Å². The third-order valence-electron chi connectivity index (χ3n) is 2.99. The van der Waals surface area contributed by atoms with E-state index in [1.807, 2.05) is 13.8 Å². The quantitative estimate of drug-likeness (QED) is 0.724. The number of rotatable bonds is 7. The van der Waals surface area contributed by atoms with Crippen molar-refractivity contribution in [1.82, 2.24) is 10.3 Å². The maximum atomic E-state index is 9.94. The first kappa shape index (κ1) is 14.9. The van der Waals surface area contributed by atoms with E-state index in [-0.39, 0.29) is 0 Å². The van der Waals surface area contributed by atoms with Crippen molar-refractivity contribution in [2.75, 3.05) is 20.2 Å². The maximum absolute atomic E-state index is 9.94. The third-order valence-corrected chi connectivity index (χ3v) is 2.99. The second kappa shape index (κ2) is 7.34. The summed E-state index contributed by atoms with van der Waals surface area (Å²) < 4.78 is 5.36. The SMILES string of the molecule is CCCNCC(O)Cc1ncc(C)c(OC)c1C. The van der Waals surface area contributed by atoms with Crippen molar-refractivity contribution >= 4 is 0 Å². The Hall–Kier alpha value is -1.13. The highest BCUT2D eigenvalue weighted by Gasteiger charge is 2.13. The minimum atomic E-state index is -0.407. The van der Waals surface area contributed by atoms with E-state index in [4.69, 9.17) is 4.74 Å². The predicted molar refractivity (Wildman–Crippen MR) is 73.1 cm³/mol. The van der Waals surface area contributed by atoms with Crippen LogP contribution < -0.4 is 10.1 Å². The lowest BCUT2D eigenvalue weighted by Crippen LogP contribution is -2.29. The van der Waals surface area contributed by atoms with Crippen LogP contribution in [-0.2, 0) is 6.42 Å². The summed E-state index contributed by atoms with van der Waals surface area (Å²) in [7, 11) is 1.67. The van der Waals surface area contributed by atoms with Crippen molar-refractivity contribution in [2.45, 2.75) is 39.7 Å². The molecule has 1 heterocycles. The number of nitrogens with one attached hydrogen (secondary N) is 1. The van der Waals surface area contributed by atoms with Gasteiger partial charge in [-0.3, -0.25) is 4.98 Å². The maximum Gasteiger partial charge on any atom is 0.128 e. The molecule has 0 saturated heterocycles. The van der Waals surface area contributed by atoms with Gasteiger partial charge in [0.15, 0.2) is 0 Å². The normalized spacial score (nSPS) is 12.5. The van der Waals surface area contributed by atoms with Gasteiger partial charge in [0, 0.05) is 36.0 Å². The van der Waals surface area contributed by atoms with Crippen molar-refractivity contribution in [3.05, 3.63) is 23.0 Å². The summed E-state index contributed by atoms with van der Waals surface area (Å²) in [6, 6.07) is 0. The molecule has 4 heteroatoms. The van der Waals surface area contributed by atoms with Gasteiger partial charge in [-0.2, -0.15) is 0 Å². The molecule has 0 radical (unpaired) electrons. The number of aromatic nitrogens is 1. The molecule has 0 fully saturated rings. The summed E-state index contributed by atoms with van der Waals surface area (Å²) >= 11 is 0. The Bertz CT molecular complexity index is 380. The second-order valence-corrected chi connectivity index (χ2v) is 4.61. The Morgan fingerprint density at radius 1 is 1.44 bits per heavy atom. The van der Waals surface area contributed by atoms with Crippen LogP contribution in [0.15, 0.2) is 6.20 Å². The van der Waals surface area contributed by atoms with E-state index in [9.17, 15) is 5.11 Å². The van der Waals surface area contributed by atoms with Crippen molar-refractivity contribution in [1.29, 1.82) is 0 Å². The van der Waals surface area contributed by atoms with Gasteiger partial charge in [0.25, 0.3) is 0 Å². The van der Waals surface area contributed by atoms with E-state index < -0.39 is 6.10 Å². The number of aliphatic hydroxyl groups excluding tert-OH is 1. The lowest BCUT2D eigenvalue weighted by Gasteiger charge is -2.15. The fraction of sp³-hybridized carbons (Fsp3) is 0.643. The Kier molecular flexibility index (Phi) is 6.09. The first-order chi connectivity index (χ1) is 8.60. The van der Waals surface area contributed by atoms with Gasteiger partial charge < -0.3 is 15.2 Å². The molecule has 0 aliphatic heterocycles. The highest BCUT2D eigenvalue weighted by Crippen LogP contribution is 2.24. The Balaban J connectivity index is 2.67. The number of methoxy groups -OCH3 is 1. The van der Waals surface area contributed by atoms with Gasteiger partial charge in [0.2, 0.25) is 0 Å². The summed E-state index contributed by atoms with van der Waals surface area (Å²) in [4.78, 5) is 4.39. The first-order valence-corrected chi connectivity index (χ1v) is 6.48. The van der Waals surface area contributed by atoms with Crippen LogP contribution in [-0.4, -0.2) is 36.4 Å². The monoisotopic (exact) mass is 252 g/mol. The van der Waals surface area contributed by atoms with Crippen molar-refractivity contribution in [3.63, 3.8) is 0 Å². The molecule has 0 saturated carbocycles. The second-order valence-electron chi connectivity index (χ2n) is 4.61. The van der Waals surface area contributed by atoms with Gasteiger partial charge in [-0.25, -0.2) is 0 Å². The van der Waals surface area contributed by atoms with Gasteiger partial charge in [-0.1, -0.05) is 6.92 Å². The molecular formula is C14H24N2O2. The molecule has 0 aromatic carbocycles. The smallest absolute Gasteiger partial charge is 0.128 e. The Labute approximate surface area is 109 Å². The first-order valence-electron chi connectivity index (χ1n) is 6.48. The largest absolute Gasteiger partial charge is 0.496 e. The minimum Gasteiger partial charge on any atom is -0.496 e.